The molecule has 0 spiro atoms. The molecular formula is CH3ClOZr+2. The van der Waals surface area contributed by atoms with E-state index in [2.05, 4.69) is 16.2 Å². The minimum Gasteiger partial charge on any atom is -0.283 e. The standard InChI is InChI=1S/CH3ClO.Zr/c1-3-2;/h1H3;/q;+2. The minimum atomic E-state index is 0. The molecule has 0 aromatic carbocycles. The molecule has 0 aliphatic rings. The van der Waals surface area contributed by atoms with E-state index in [1.807, 2.05) is 0 Å². The molecule has 3 heteroatoms. The fraction of sp³-hybridized carbons (Fsp3) is 1.00. The van der Waals surface area contributed by atoms with E-state index in [1.165, 1.54) is 7.11 Å². The number of halogens is 1. The van der Waals surface area contributed by atoms with Gasteiger partial charge in [-0.1, -0.05) is 0 Å². The molecule has 0 radical (unpaired) electrons. The Bertz CT molecular complexity index is 8.00. The van der Waals surface area contributed by atoms with Gasteiger partial charge in [0, 0.05) is 0 Å². The van der Waals surface area contributed by atoms with Crippen LogP contribution in [0, 0.1) is 0 Å². The zero-order valence-corrected chi connectivity index (χ0v) is 5.50. The van der Waals surface area contributed by atoms with Crippen LogP contribution in [-0.2, 0) is 30.5 Å². The molecule has 0 fully saturated rings. The predicted octanol–water partition coefficient (Wildman–Crippen LogP) is 0.784. The first-order valence-corrected chi connectivity index (χ1v) is 0.871. The molecule has 0 aromatic rings. The van der Waals surface area contributed by atoms with E-state index < -0.39 is 0 Å². The largest absolute Gasteiger partial charge is 2.00 e. The summed E-state index contributed by atoms with van der Waals surface area (Å²) >= 11 is 4.50. The van der Waals surface area contributed by atoms with Gasteiger partial charge in [0.25, 0.3) is 0 Å². The van der Waals surface area contributed by atoms with Gasteiger partial charge in [0.05, 0.1) is 19.0 Å². The van der Waals surface area contributed by atoms with E-state index in [4.69, 9.17) is 0 Å². The van der Waals surface area contributed by atoms with Crippen LogP contribution in [0.15, 0.2) is 0 Å². The van der Waals surface area contributed by atoms with Crippen LogP contribution in [0.2, 0.25) is 0 Å². The Morgan fingerprint density at radius 2 is 1.75 bits per heavy atom. The van der Waals surface area contributed by atoms with Crippen LogP contribution >= 0.6 is 11.9 Å². The van der Waals surface area contributed by atoms with E-state index in [1.54, 1.807) is 0 Å². The summed E-state index contributed by atoms with van der Waals surface area (Å²) in [4.78, 5) is 0. The third kappa shape index (κ3) is 11.1. The maximum atomic E-state index is 4.50. The van der Waals surface area contributed by atoms with Gasteiger partial charge < -0.3 is 0 Å². The Balaban J connectivity index is 0. The fourth-order valence-electron chi connectivity index (χ4n) is 0. The van der Waals surface area contributed by atoms with Gasteiger partial charge in [-0.2, -0.15) is 0 Å². The van der Waals surface area contributed by atoms with Gasteiger partial charge in [0.15, 0.2) is 0 Å². The molecule has 0 saturated carbocycles. The molecule has 1 nitrogen and oxygen atoms in total. The summed E-state index contributed by atoms with van der Waals surface area (Å²) in [6.07, 6.45) is 0. The summed E-state index contributed by atoms with van der Waals surface area (Å²) in [5, 5.41) is 0. The average molecular weight is 158 g/mol. The first-order chi connectivity index (χ1) is 1.41. The van der Waals surface area contributed by atoms with Gasteiger partial charge in [0.2, 0.25) is 0 Å². The van der Waals surface area contributed by atoms with Gasteiger partial charge >= 0.3 is 26.2 Å². The first kappa shape index (κ1) is 8.93. The minimum absolute atomic E-state index is 0. The Morgan fingerprint density at radius 3 is 1.75 bits per heavy atom. The van der Waals surface area contributed by atoms with Crippen LogP contribution in [0.25, 0.3) is 0 Å². The zero-order chi connectivity index (χ0) is 2.71. The van der Waals surface area contributed by atoms with Crippen LogP contribution < -0.4 is 0 Å². The van der Waals surface area contributed by atoms with Crippen molar-refractivity contribution in [3.63, 3.8) is 0 Å². The maximum absolute atomic E-state index is 4.50. The third-order valence-electron chi connectivity index (χ3n) is 0. The normalized spacial score (nSPS) is 4.50. The van der Waals surface area contributed by atoms with Crippen molar-refractivity contribution in [2.75, 3.05) is 7.11 Å². The molecule has 0 atom stereocenters. The second-order valence-corrected chi connectivity index (χ2v) is 0.463. The van der Waals surface area contributed by atoms with Crippen molar-refractivity contribution >= 4 is 11.9 Å². The number of hydrogen-bond acceptors (Lipinski definition) is 1. The molecule has 0 amide bonds. The quantitative estimate of drug-likeness (QED) is 0.505. The van der Waals surface area contributed by atoms with Crippen molar-refractivity contribution in [1.82, 2.24) is 0 Å². The van der Waals surface area contributed by atoms with Gasteiger partial charge in [-0.3, -0.25) is 4.29 Å². The van der Waals surface area contributed by atoms with E-state index in [0.717, 1.165) is 0 Å². The number of hydrogen-bond donors (Lipinski definition) is 0. The van der Waals surface area contributed by atoms with Crippen LogP contribution in [0.1, 0.15) is 0 Å². The molecule has 22 valence electrons. The molecule has 0 bridgehead atoms. The van der Waals surface area contributed by atoms with Crippen molar-refractivity contribution < 1.29 is 30.5 Å². The molecule has 0 heterocycles. The zero-order valence-electron chi connectivity index (χ0n) is 2.29. The third-order valence-corrected chi connectivity index (χ3v) is 0. The van der Waals surface area contributed by atoms with E-state index in [9.17, 15) is 0 Å². The summed E-state index contributed by atoms with van der Waals surface area (Å²) < 4.78 is 3.72. The summed E-state index contributed by atoms with van der Waals surface area (Å²) in [6, 6.07) is 0. The average Bonchev–Trinajstić information content (AvgIpc) is 0.918. The molecule has 0 aromatic heterocycles. The second kappa shape index (κ2) is 8.92. The van der Waals surface area contributed by atoms with Crippen molar-refractivity contribution in [3.05, 3.63) is 0 Å². The molecule has 0 N–H and O–H groups in total. The molecule has 0 aliphatic heterocycles. The predicted molar refractivity (Wildman–Crippen MR) is 12.9 cm³/mol. The van der Waals surface area contributed by atoms with Crippen LogP contribution in [0.5, 0.6) is 0 Å². The van der Waals surface area contributed by atoms with Gasteiger partial charge in [0.1, 0.15) is 0 Å². The van der Waals surface area contributed by atoms with Crippen molar-refractivity contribution in [2.24, 2.45) is 0 Å². The Hall–Kier alpha value is 1.13. The van der Waals surface area contributed by atoms with Crippen molar-refractivity contribution in [3.8, 4) is 0 Å². The summed E-state index contributed by atoms with van der Waals surface area (Å²) in [6.45, 7) is 0. The van der Waals surface area contributed by atoms with E-state index >= 15 is 0 Å². The Kier molecular flexibility index (Phi) is 19.9. The van der Waals surface area contributed by atoms with Crippen LogP contribution in [-0.4, -0.2) is 7.11 Å². The van der Waals surface area contributed by atoms with Gasteiger partial charge in [-0.05, 0) is 0 Å². The molecule has 0 aliphatic carbocycles. The van der Waals surface area contributed by atoms with Gasteiger partial charge in [-0.25, -0.2) is 0 Å². The topological polar surface area (TPSA) is 9.23 Å². The molecular weight excluding hydrogens is 155 g/mol. The molecule has 4 heavy (non-hydrogen) atoms. The Morgan fingerprint density at radius 1 is 1.75 bits per heavy atom. The molecule has 0 saturated heterocycles. The van der Waals surface area contributed by atoms with E-state index in [-0.39, 0.29) is 26.2 Å². The van der Waals surface area contributed by atoms with Gasteiger partial charge in [-0.15, -0.1) is 0 Å². The van der Waals surface area contributed by atoms with Crippen molar-refractivity contribution in [1.29, 1.82) is 0 Å². The summed E-state index contributed by atoms with van der Waals surface area (Å²) in [5.74, 6) is 0. The first-order valence-electron chi connectivity index (χ1n) is 0.563. The maximum Gasteiger partial charge on any atom is 2.00 e. The second-order valence-electron chi connectivity index (χ2n) is 0.154. The number of rotatable bonds is 0. The summed E-state index contributed by atoms with van der Waals surface area (Å²) in [7, 11) is 1.39. The summed E-state index contributed by atoms with van der Waals surface area (Å²) in [5.41, 5.74) is 0. The van der Waals surface area contributed by atoms with E-state index in [0.29, 0.717) is 0 Å². The SMILES string of the molecule is COCl.[Zr+2]. The van der Waals surface area contributed by atoms with Crippen LogP contribution in [0.4, 0.5) is 0 Å². The molecule has 0 unspecified atom stereocenters. The Labute approximate surface area is 49.6 Å². The monoisotopic (exact) mass is 156 g/mol. The molecule has 0 rings (SSSR count). The van der Waals surface area contributed by atoms with Crippen molar-refractivity contribution in [2.45, 2.75) is 0 Å². The smallest absolute Gasteiger partial charge is 0.283 e. The van der Waals surface area contributed by atoms with Crippen LogP contribution in [0.3, 0.4) is 0 Å². The fourth-order valence-corrected chi connectivity index (χ4v) is 0.